The third-order valence-corrected chi connectivity index (χ3v) is 2.84. The Hall–Kier alpha value is -1.85. The van der Waals surface area contributed by atoms with E-state index in [4.69, 9.17) is 9.84 Å². The first-order chi connectivity index (χ1) is 9.32. The van der Waals surface area contributed by atoms with Crippen LogP contribution >= 0.6 is 0 Å². The van der Waals surface area contributed by atoms with E-state index in [1.807, 2.05) is 27.7 Å². The molecule has 0 aliphatic carbocycles. The second kappa shape index (κ2) is 7.07. The minimum Gasteiger partial charge on any atom is -0.481 e. The van der Waals surface area contributed by atoms with Gasteiger partial charge in [-0.15, -0.1) is 0 Å². The van der Waals surface area contributed by atoms with E-state index in [-0.39, 0.29) is 17.9 Å². The Balaban J connectivity index is 2.80. The number of carboxylic acids is 1. The molecule has 0 amide bonds. The molecule has 0 spiro atoms. The maximum Gasteiger partial charge on any atom is 0.305 e. The maximum absolute atomic E-state index is 11.0. The fourth-order valence-corrected chi connectivity index (χ4v) is 1.63. The van der Waals surface area contributed by atoms with E-state index in [0.29, 0.717) is 18.3 Å². The summed E-state index contributed by atoms with van der Waals surface area (Å²) in [7, 11) is 0. The van der Waals surface area contributed by atoms with Crippen LogP contribution in [0.4, 0.5) is 5.82 Å². The summed E-state index contributed by atoms with van der Waals surface area (Å²) in [6.07, 6.45) is 2.34. The molecular weight excluding hydrogens is 258 g/mol. The molecule has 0 saturated carbocycles. The van der Waals surface area contributed by atoms with Gasteiger partial charge in [-0.3, -0.25) is 4.79 Å². The molecule has 1 aromatic rings. The van der Waals surface area contributed by atoms with Gasteiger partial charge in [0.25, 0.3) is 0 Å². The quantitative estimate of drug-likeness (QED) is 0.799. The van der Waals surface area contributed by atoms with Gasteiger partial charge in [0.15, 0.2) is 0 Å². The van der Waals surface area contributed by atoms with Crippen molar-refractivity contribution < 1.29 is 14.6 Å². The van der Waals surface area contributed by atoms with E-state index in [1.54, 1.807) is 6.07 Å². The van der Waals surface area contributed by atoms with Crippen LogP contribution in [0.3, 0.4) is 0 Å². The molecule has 1 heterocycles. The topological polar surface area (TPSA) is 84.3 Å². The molecule has 6 nitrogen and oxygen atoms in total. The zero-order valence-corrected chi connectivity index (χ0v) is 12.5. The fourth-order valence-electron chi connectivity index (χ4n) is 1.63. The number of hydrogen-bond donors (Lipinski definition) is 2. The van der Waals surface area contributed by atoms with E-state index >= 15 is 0 Å². The summed E-state index contributed by atoms with van der Waals surface area (Å²) >= 11 is 0. The minimum absolute atomic E-state index is 0.0264. The zero-order chi connectivity index (χ0) is 15.2. The van der Waals surface area contributed by atoms with Crippen LogP contribution in [0.25, 0.3) is 0 Å². The van der Waals surface area contributed by atoms with Crippen LogP contribution in [0, 0.1) is 5.41 Å². The number of aromatic nitrogens is 2. The molecule has 1 rings (SSSR count). The molecular formula is C14H23N3O3. The van der Waals surface area contributed by atoms with Gasteiger partial charge >= 0.3 is 5.97 Å². The van der Waals surface area contributed by atoms with E-state index in [0.717, 1.165) is 6.42 Å². The largest absolute Gasteiger partial charge is 0.481 e. The smallest absolute Gasteiger partial charge is 0.305 e. The maximum atomic E-state index is 11.0. The molecule has 0 aliphatic heterocycles. The van der Waals surface area contributed by atoms with Gasteiger partial charge < -0.3 is 15.2 Å². The zero-order valence-electron chi connectivity index (χ0n) is 12.5. The number of aliphatic carboxylic acids is 1. The average molecular weight is 281 g/mol. The van der Waals surface area contributed by atoms with Crippen molar-refractivity contribution in [1.29, 1.82) is 0 Å². The summed E-state index contributed by atoms with van der Waals surface area (Å²) < 4.78 is 5.44. The SMILES string of the molecule is CCCOc1cc(NC(CC(=O)O)C(C)(C)C)ncn1. The molecule has 0 aliphatic rings. The number of nitrogens with zero attached hydrogens (tertiary/aromatic N) is 2. The van der Waals surface area contributed by atoms with Crippen LogP contribution in [0.5, 0.6) is 5.88 Å². The van der Waals surface area contributed by atoms with Gasteiger partial charge in [-0.25, -0.2) is 9.97 Å². The first-order valence-corrected chi connectivity index (χ1v) is 6.76. The highest BCUT2D eigenvalue weighted by Gasteiger charge is 2.27. The van der Waals surface area contributed by atoms with E-state index in [1.165, 1.54) is 6.33 Å². The standard InChI is InChI=1S/C14H23N3O3/c1-5-6-20-12-8-11(15-9-16-12)17-10(7-13(18)19)14(2,3)4/h8-10H,5-7H2,1-4H3,(H,18,19)(H,15,16,17). The third kappa shape index (κ3) is 5.42. The summed E-state index contributed by atoms with van der Waals surface area (Å²) in [5.41, 5.74) is -0.201. The summed E-state index contributed by atoms with van der Waals surface area (Å²) in [4.78, 5) is 19.1. The minimum atomic E-state index is -0.839. The summed E-state index contributed by atoms with van der Waals surface area (Å²) in [6, 6.07) is 1.46. The van der Waals surface area contributed by atoms with Crippen molar-refractivity contribution >= 4 is 11.8 Å². The molecule has 1 unspecified atom stereocenters. The monoisotopic (exact) mass is 281 g/mol. The molecule has 20 heavy (non-hydrogen) atoms. The lowest BCUT2D eigenvalue weighted by molar-refractivity contribution is -0.137. The number of hydrogen-bond acceptors (Lipinski definition) is 5. The second-order valence-corrected chi connectivity index (χ2v) is 5.75. The van der Waals surface area contributed by atoms with Crippen molar-refractivity contribution in [1.82, 2.24) is 9.97 Å². The molecule has 1 atom stereocenters. The Labute approximate surface area is 119 Å². The highest BCUT2D eigenvalue weighted by Crippen LogP contribution is 2.25. The van der Waals surface area contributed by atoms with Crippen molar-refractivity contribution in [3.8, 4) is 5.88 Å². The van der Waals surface area contributed by atoms with Crippen molar-refractivity contribution in [2.24, 2.45) is 5.41 Å². The summed E-state index contributed by atoms with van der Waals surface area (Å²) in [5.74, 6) is 0.230. The molecule has 0 bridgehead atoms. The second-order valence-electron chi connectivity index (χ2n) is 5.75. The van der Waals surface area contributed by atoms with Crippen LogP contribution in [0.15, 0.2) is 12.4 Å². The molecule has 2 N–H and O–H groups in total. The highest BCUT2D eigenvalue weighted by atomic mass is 16.5. The molecule has 0 saturated heterocycles. The number of anilines is 1. The summed E-state index contributed by atoms with van der Waals surface area (Å²) in [6.45, 7) is 8.58. The van der Waals surface area contributed by atoms with Crippen LogP contribution in [-0.2, 0) is 4.79 Å². The average Bonchev–Trinajstić information content (AvgIpc) is 2.34. The van der Waals surface area contributed by atoms with Crippen LogP contribution < -0.4 is 10.1 Å². The van der Waals surface area contributed by atoms with Gasteiger partial charge in [-0.2, -0.15) is 0 Å². The van der Waals surface area contributed by atoms with Crippen molar-refractivity contribution in [3.63, 3.8) is 0 Å². The van der Waals surface area contributed by atoms with E-state index in [2.05, 4.69) is 15.3 Å². The van der Waals surface area contributed by atoms with Crippen molar-refractivity contribution in [3.05, 3.63) is 12.4 Å². The first-order valence-electron chi connectivity index (χ1n) is 6.76. The number of rotatable bonds is 7. The van der Waals surface area contributed by atoms with Gasteiger partial charge in [-0.05, 0) is 11.8 Å². The number of carboxylic acid groups (broad SMARTS) is 1. The van der Waals surface area contributed by atoms with Gasteiger partial charge in [0, 0.05) is 12.1 Å². The Morgan fingerprint density at radius 3 is 2.70 bits per heavy atom. The van der Waals surface area contributed by atoms with Gasteiger partial charge in [0.2, 0.25) is 5.88 Å². The van der Waals surface area contributed by atoms with Crippen molar-refractivity contribution in [2.75, 3.05) is 11.9 Å². The predicted molar refractivity (Wildman–Crippen MR) is 76.9 cm³/mol. The van der Waals surface area contributed by atoms with Crippen LogP contribution in [-0.4, -0.2) is 33.7 Å². The van der Waals surface area contributed by atoms with Gasteiger partial charge in [0.1, 0.15) is 12.1 Å². The number of carbonyl (C=O) groups is 1. The Morgan fingerprint density at radius 1 is 1.45 bits per heavy atom. The lowest BCUT2D eigenvalue weighted by Gasteiger charge is -2.30. The lowest BCUT2D eigenvalue weighted by Crippen LogP contribution is -2.36. The van der Waals surface area contributed by atoms with Gasteiger partial charge in [-0.1, -0.05) is 27.7 Å². The summed E-state index contributed by atoms with van der Waals surface area (Å²) in [5, 5.41) is 12.2. The fraction of sp³-hybridized carbons (Fsp3) is 0.643. The van der Waals surface area contributed by atoms with Crippen LogP contribution in [0.2, 0.25) is 0 Å². The van der Waals surface area contributed by atoms with Crippen LogP contribution in [0.1, 0.15) is 40.5 Å². The number of nitrogens with one attached hydrogen (secondary N) is 1. The Bertz CT molecular complexity index is 444. The first kappa shape index (κ1) is 16.2. The third-order valence-electron chi connectivity index (χ3n) is 2.84. The van der Waals surface area contributed by atoms with Gasteiger partial charge in [0.05, 0.1) is 13.0 Å². The molecule has 0 fully saturated rings. The molecule has 1 aromatic heterocycles. The Morgan fingerprint density at radius 2 is 2.15 bits per heavy atom. The number of ether oxygens (including phenoxy) is 1. The predicted octanol–water partition coefficient (Wildman–Crippen LogP) is 2.57. The Kier molecular flexibility index (Phi) is 5.73. The van der Waals surface area contributed by atoms with E-state index in [9.17, 15) is 4.79 Å². The van der Waals surface area contributed by atoms with E-state index < -0.39 is 5.97 Å². The van der Waals surface area contributed by atoms with Crippen molar-refractivity contribution in [2.45, 2.75) is 46.6 Å². The molecule has 0 aromatic carbocycles. The molecule has 0 radical (unpaired) electrons. The molecule has 112 valence electrons. The molecule has 6 heteroatoms. The lowest BCUT2D eigenvalue weighted by atomic mass is 9.85. The normalized spacial score (nSPS) is 12.8. The highest BCUT2D eigenvalue weighted by molar-refractivity contribution is 5.68.